The zero-order chi connectivity index (χ0) is 7.49. The second-order valence-electron chi connectivity index (χ2n) is 1.36. The number of nitrogens with one attached hydrogen (secondary N) is 1. The van der Waals surface area contributed by atoms with Gasteiger partial charge in [-0.2, -0.15) is 13.1 Å². The van der Waals surface area contributed by atoms with Gasteiger partial charge in [0.25, 0.3) is 0 Å². The minimum atomic E-state index is -4.19. The molecule has 0 radical (unpaired) electrons. The molecule has 0 atom stereocenters. The molecule has 0 aliphatic carbocycles. The Hall–Kier alpha value is -0.590. The van der Waals surface area contributed by atoms with Gasteiger partial charge < -0.3 is 5.11 Å². The van der Waals surface area contributed by atoms with Crippen molar-refractivity contribution in [2.24, 2.45) is 0 Å². The van der Waals surface area contributed by atoms with Gasteiger partial charge in [0.05, 0.1) is 6.54 Å². The lowest BCUT2D eigenvalue weighted by Gasteiger charge is -1.96. The molecule has 0 bridgehead atoms. The first kappa shape index (κ1) is 8.41. The van der Waals surface area contributed by atoms with E-state index in [9.17, 15) is 8.42 Å². The number of hydrogen-bond donors (Lipinski definition) is 3. The Morgan fingerprint density at radius 1 is 1.67 bits per heavy atom. The molecular weight excluding hydrogens is 146 g/mol. The van der Waals surface area contributed by atoms with Crippen LogP contribution in [-0.2, 0) is 10.3 Å². The maximum atomic E-state index is 9.83. The van der Waals surface area contributed by atoms with E-state index < -0.39 is 10.3 Å². The Morgan fingerprint density at radius 3 is 2.22 bits per heavy atom. The van der Waals surface area contributed by atoms with E-state index in [1.165, 1.54) is 0 Å². The van der Waals surface area contributed by atoms with Gasteiger partial charge in [-0.3, -0.25) is 4.55 Å². The van der Waals surface area contributed by atoms with Crippen LogP contribution < -0.4 is 4.72 Å². The normalized spacial score (nSPS) is 11.2. The van der Waals surface area contributed by atoms with Crippen LogP contribution in [0.5, 0.6) is 0 Å². The highest BCUT2D eigenvalue weighted by atomic mass is 32.2. The third kappa shape index (κ3) is 7.41. The Bertz CT molecular complexity index is 194. The van der Waals surface area contributed by atoms with Gasteiger partial charge in [-0.05, 0) is 0 Å². The molecule has 0 aromatic heterocycles. The van der Waals surface area contributed by atoms with E-state index in [0.29, 0.717) is 0 Å². The molecule has 0 unspecified atom stereocenters. The van der Waals surface area contributed by atoms with Gasteiger partial charge in [0.1, 0.15) is 5.76 Å². The third-order valence-electron chi connectivity index (χ3n) is 0.459. The zero-order valence-electron chi connectivity index (χ0n) is 4.53. The highest BCUT2D eigenvalue weighted by Gasteiger charge is 2.00. The Labute approximate surface area is 52.9 Å². The molecule has 0 spiro atoms. The fourth-order valence-electron chi connectivity index (χ4n) is 0.175. The molecule has 0 fully saturated rings. The van der Waals surface area contributed by atoms with Crippen molar-refractivity contribution < 1.29 is 18.1 Å². The lowest BCUT2D eigenvalue weighted by atomic mass is 10.6. The van der Waals surface area contributed by atoms with Gasteiger partial charge in [0.2, 0.25) is 0 Å². The van der Waals surface area contributed by atoms with Crippen molar-refractivity contribution in [2.45, 2.75) is 0 Å². The number of aliphatic hydroxyl groups excluding tert-OH is 1. The SMILES string of the molecule is C=C(O)CNS(=O)(=O)O. The minimum absolute atomic E-state index is 0.354. The van der Waals surface area contributed by atoms with Gasteiger partial charge in [-0.15, -0.1) is 0 Å². The van der Waals surface area contributed by atoms with E-state index in [-0.39, 0.29) is 12.3 Å². The predicted molar refractivity (Wildman–Crippen MR) is 31.3 cm³/mol. The molecule has 0 saturated heterocycles. The van der Waals surface area contributed by atoms with Crippen LogP contribution in [0.1, 0.15) is 0 Å². The summed E-state index contributed by atoms with van der Waals surface area (Å²) in [6.45, 7) is 2.61. The van der Waals surface area contributed by atoms with Crippen LogP contribution in [0.15, 0.2) is 12.3 Å². The first-order valence-corrected chi connectivity index (χ1v) is 3.44. The van der Waals surface area contributed by atoms with Crippen LogP contribution in [0.2, 0.25) is 0 Å². The van der Waals surface area contributed by atoms with Crippen LogP contribution >= 0.6 is 0 Å². The Kier molecular flexibility index (Phi) is 2.63. The molecular formula is C3H7NO4S. The zero-order valence-corrected chi connectivity index (χ0v) is 5.35. The van der Waals surface area contributed by atoms with E-state index in [2.05, 4.69) is 6.58 Å². The lowest BCUT2D eigenvalue weighted by molar-refractivity contribution is 0.394. The Morgan fingerprint density at radius 2 is 2.11 bits per heavy atom. The predicted octanol–water partition coefficient (Wildman–Crippen LogP) is -0.549. The number of aliphatic hydroxyl groups is 1. The fraction of sp³-hybridized carbons (Fsp3) is 0.333. The average molecular weight is 153 g/mol. The van der Waals surface area contributed by atoms with Crippen molar-refractivity contribution in [1.82, 2.24) is 4.72 Å². The summed E-state index contributed by atoms with van der Waals surface area (Å²) < 4.78 is 29.2. The highest BCUT2D eigenvalue weighted by molar-refractivity contribution is 7.83. The first-order valence-electron chi connectivity index (χ1n) is 2.00. The smallest absolute Gasteiger partial charge is 0.333 e. The summed E-state index contributed by atoms with van der Waals surface area (Å²) in [6, 6.07) is 0. The summed E-state index contributed by atoms with van der Waals surface area (Å²) in [7, 11) is -4.19. The van der Waals surface area contributed by atoms with Crippen molar-refractivity contribution in [3.8, 4) is 0 Å². The van der Waals surface area contributed by atoms with Gasteiger partial charge in [0, 0.05) is 0 Å². The molecule has 9 heavy (non-hydrogen) atoms. The topological polar surface area (TPSA) is 86.6 Å². The van der Waals surface area contributed by atoms with Crippen LogP contribution in [0.3, 0.4) is 0 Å². The minimum Gasteiger partial charge on any atom is -0.512 e. The van der Waals surface area contributed by atoms with E-state index in [4.69, 9.17) is 9.66 Å². The van der Waals surface area contributed by atoms with Crippen molar-refractivity contribution >= 4 is 10.3 Å². The first-order chi connectivity index (χ1) is 3.92. The molecule has 0 amide bonds. The standard InChI is InChI=1S/C3H7NO4S/c1-3(5)2-4-9(6,7)8/h4-5H,1-2H2,(H,6,7,8). The monoisotopic (exact) mass is 153 g/mol. The summed E-state index contributed by atoms with van der Waals surface area (Å²) >= 11 is 0. The van der Waals surface area contributed by atoms with Crippen LogP contribution in [-0.4, -0.2) is 24.6 Å². The molecule has 0 heterocycles. The fourth-order valence-corrected chi connectivity index (χ4v) is 0.524. The summed E-state index contributed by atoms with van der Waals surface area (Å²) in [6.07, 6.45) is 0. The quantitative estimate of drug-likeness (QED) is 0.375. The molecule has 54 valence electrons. The molecule has 6 heteroatoms. The maximum absolute atomic E-state index is 9.83. The van der Waals surface area contributed by atoms with Crippen LogP contribution in [0, 0.1) is 0 Å². The number of hydrogen-bond acceptors (Lipinski definition) is 3. The second-order valence-corrected chi connectivity index (χ2v) is 2.60. The molecule has 5 nitrogen and oxygen atoms in total. The maximum Gasteiger partial charge on any atom is 0.333 e. The van der Waals surface area contributed by atoms with E-state index in [0.717, 1.165) is 0 Å². The highest BCUT2D eigenvalue weighted by Crippen LogP contribution is 1.78. The molecule has 0 aromatic carbocycles. The lowest BCUT2D eigenvalue weighted by Crippen LogP contribution is -2.24. The average Bonchev–Trinajstić information content (AvgIpc) is 1.59. The molecule has 0 rings (SSSR count). The summed E-state index contributed by atoms with van der Waals surface area (Å²) in [5, 5.41) is 8.28. The largest absolute Gasteiger partial charge is 0.512 e. The van der Waals surface area contributed by atoms with Crippen molar-refractivity contribution in [3.63, 3.8) is 0 Å². The van der Waals surface area contributed by atoms with Gasteiger partial charge >= 0.3 is 10.3 Å². The summed E-state index contributed by atoms with van der Waals surface area (Å²) in [5.74, 6) is -0.354. The van der Waals surface area contributed by atoms with Crippen molar-refractivity contribution in [2.75, 3.05) is 6.54 Å². The van der Waals surface area contributed by atoms with E-state index in [1.54, 1.807) is 4.72 Å². The molecule has 0 aliphatic rings. The van der Waals surface area contributed by atoms with E-state index in [1.807, 2.05) is 0 Å². The third-order valence-corrected chi connectivity index (χ3v) is 0.968. The second kappa shape index (κ2) is 2.81. The molecule has 0 aromatic rings. The van der Waals surface area contributed by atoms with Crippen LogP contribution in [0.25, 0.3) is 0 Å². The molecule has 3 N–H and O–H groups in total. The van der Waals surface area contributed by atoms with Gasteiger partial charge in [0.15, 0.2) is 0 Å². The van der Waals surface area contributed by atoms with Crippen LogP contribution in [0.4, 0.5) is 0 Å². The summed E-state index contributed by atoms with van der Waals surface area (Å²) in [4.78, 5) is 0. The van der Waals surface area contributed by atoms with E-state index >= 15 is 0 Å². The van der Waals surface area contributed by atoms with Crippen molar-refractivity contribution in [3.05, 3.63) is 12.3 Å². The van der Waals surface area contributed by atoms with Crippen molar-refractivity contribution in [1.29, 1.82) is 0 Å². The van der Waals surface area contributed by atoms with Gasteiger partial charge in [-0.25, -0.2) is 0 Å². The summed E-state index contributed by atoms with van der Waals surface area (Å²) in [5.41, 5.74) is 0. The number of rotatable bonds is 3. The molecule has 0 saturated carbocycles. The Balaban J connectivity index is 3.67. The molecule has 0 aliphatic heterocycles. The van der Waals surface area contributed by atoms with Gasteiger partial charge in [-0.1, -0.05) is 6.58 Å².